The topological polar surface area (TPSA) is 65.2 Å². The predicted octanol–water partition coefficient (Wildman–Crippen LogP) is 4.74. The number of esters is 1. The second-order valence-corrected chi connectivity index (χ2v) is 6.31. The Morgan fingerprint density at radius 2 is 1.84 bits per heavy atom. The van der Waals surface area contributed by atoms with Crippen molar-refractivity contribution in [2.75, 3.05) is 0 Å². The molecule has 2 aromatic carbocycles. The van der Waals surface area contributed by atoms with Crippen LogP contribution in [0.2, 0.25) is 0 Å². The van der Waals surface area contributed by atoms with Crippen LogP contribution in [-0.2, 0) is 16.1 Å². The fourth-order valence-corrected chi connectivity index (χ4v) is 2.97. The van der Waals surface area contributed by atoms with Crippen molar-refractivity contribution in [2.24, 2.45) is 0 Å². The van der Waals surface area contributed by atoms with Gasteiger partial charge in [-0.1, -0.05) is 49.4 Å². The molecule has 0 aliphatic carbocycles. The molecule has 0 radical (unpaired) electrons. The standard InChI is InChI=1S/C19H17BrN2O3/c1-2-14(13-8-4-3-5-9-13)19(23)24-12-17-21-22-18(25-17)15-10-6-7-11-16(15)20/h3-11,14H,2,12H2,1H3/t14-/m0/s1. The number of carbonyl (C=O) groups is 1. The van der Waals surface area contributed by atoms with E-state index in [4.69, 9.17) is 9.15 Å². The molecular formula is C19H17BrN2O3. The van der Waals surface area contributed by atoms with Gasteiger partial charge in [-0.25, -0.2) is 0 Å². The van der Waals surface area contributed by atoms with Crippen LogP contribution in [0.3, 0.4) is 0 Å². The quantitative estimate of drug-likeness (QED) is 0.559. The van der Waals surface area contributed by atoms with Crippen LogP contribution in [0.15, 0.2) is 63.5 Å². The van der Waals surface area contributed by atoms with E-state index >= 15 is 0 Å². The highest BCUT2D eigenvalue weighted by molar-refractivity contribution is 9.10. The summed E-state index contributed by atoms with van der Waals surface area (Å²) in [5, 5.41) is 7.96. The fraction of sp³-hybridized carbons (Fsp3) is 0.211. The van der Waals surface area contributed by atoms with Crippen LogP contribution in [0.1, 0.15) is 30.7 Å². The highest BCUT2D eigenvalue weighted by atomic mass is 79.9. The predicted molar refractivity (Wildman–Crippen MR) is 96.7 cm³/mol. The summed E-state index contributed by atoms with van der Waals surface area (Å²) < 4.78 is 11.8. The summed E-state index contributed by atoms with van der Waals surface area (Å²) >= 11 is 3.45. The van der Waals surface area contributed by atoms with Crippen LogP contribution in [0.5, 0.6) is 0 Å². The Morgan fingerprint density at radius 3 is 2.56 bits per heavy atom. The molecule has 25 heavy (non-hydrogen) atoms. The van der Waals surface area contributed by atoms with Crippen LogP contribution in [0, 0.1) is 0 Å². The van der Waals surface area contributed by atoms with Crippen molar-refractivity contribution >= 4 is 21.9 Å². The minimum Gasteiger partial charge on any atom is -0.455 e. The van der Waals surface area contributed by atoms with Gasteiger partial charge in [0.2, 0.25) is 5.89 Å². The zero-order valence-corrected chi connectivity index (χ0v) is 15.3. The summed E-state index contributed by atoms with van der Waals surface area (Å²) in [6.45, 7) is 1.91. The second-order valence-electron chi connectivity index (χ2n) is 5.46. The Labute approximate surface area is 154 Å². The minimum atomic E-state index is -0.299. The third kappa shape index (κ3) is 4.14. The van der Waals surface area contributed by atoms with E-state index in [0.717, 1.165) is 15.6 Å². The summed E-state index contributed by atoms with van der Waals surface area (Å²) in [6.07, 6.45) is 0.662. The van der Waals surface area contributed by atoms with E-state index in [-0.39, 0.29) is 24.4 Å². The van der Waals surface area contributed by atoms with Gasteiger partial charge in [0.25, 0.3) is 5.89 Å². The van der Waals surface area contributed by atoms with Crippen molar-refractivity contribution in [1.82, 2.24) is 10.2 Å². The van der Waals surface area contributed by atoms with Crippen molar-refractivity contribution in [2.45, 2.75) is 25.9 Å². The van der Waals surface area contributed by atoms with Crippen LogP contribution in [0.25, 0.3) is 11.5 Å². The first-order chi connectivity index (χ1) is 12.2. The van der Waals surface area contributed by atoms with E-state index in [0.29, 0.717) is 12.3 Å². The van der Waals surface area contributed by atoms with Crippen LogP contribution >= 0.6 is 15.9 Å². The maximum absolute atomic E-state index is 12.4. The van der Waals surface area contributed by atoms with Gasteiger partial charge in [0.1, 0.15) is 0 Å². The van der Waals surface area contributed by atoms with E-state index in [1.165, 1.54) is 0 Å². The van der Waals surface area contributed by atoms with E-state index in [1.807, 2.05) is 61.5 Å². The molecule has 0 fully saturated rings. The highest BCUT2D eigenvalue weighted by Crippen LogP contribution is 2.27. The third-order valence-corrected chi connectivity index (χ3v) is 4.50. The molecule has 3 aromatic rings. The Balaban J connectivity index is 1.66. The second kappa shape index (κ2) is 8.07. The van der Waals surface area contributed by atoms with E-state index in [2.05, 4.69) is 26.1 Å². The number of rotatable bonds is 6. The summed E-state index contributed by atoms with van der Waals surface area (Å²) in [6, 6.07) is 17.1. The van der Waals surface area contributed by atoms with E-state index in [9.17, 15) is 4.79 Å². The Bertz CT molecular complexity index is 849. The molecule has 1 aromatic heterocycles. The summed E-state index contributed by atoms with van der Waals surface area (Å²) in [5.41, 5.74) is 1.73. The Hall–Kier alpha value is -2.47. The number of halogens is 1. The average molecular weight is 401 g/mol. The molecule has 0 amide bonds. The lowest BCUT2D eigenvalue weighted by Gasteiger charge is -2.13. The van der Waals surface area contributed by atoms with Gasteiger partial charge in [-0.3, -0.25) is 4.79 Å². The lowest BCUT2D eigenvalue weighted by molar-refractivity contribution is -0.147. The maximum Gasteiger partial charge on any atom is 0.313 e. The van der Waals surface area contributed by atoms with Gasteiger partial charge >= 0.3 is 5.97 Å². The zero-order chi connectivity index (χ0) is 17.6. The summed E-state index contributed by atoms with van der Waals surface area (Å²) in [4.78, 5) is 12.4. The van der Waals surface area contributed by atoms with Gasteiger partial charge < -0.3 is 9.15 Å². The molecule has 3 rings (SSSR count). The third-order valence-electron chi connectivity index (χ3n) is 3.80. The largest absolute Gasteiger partial charge is 0.455 e. The monoisotopic (exact) mass is 400 g/mol. The lowest BCUT2D eigenvalue weighted by Crippen LogP contribution is -2.15. The molecule has 0 bridgehead atoms. The maximum atomic E-state index is 12.4. The average Bonchev–Trinajstić information content (AvgIpc) is 3.11. The number of carbonyl (C=O) groups excluding carboxylic acids is 1. The molecule has 0 aliphatic heterocycles. The molecule has 128 valence electrons. The number of benzene rings is 2. The molecular weight excluding hydrogens is 384 g/mol. The van der Waals surface area contributed by atoms with Crippen molar-refractivity contribution in [3.63, 3.8) is 0 Å². The van der Waals surface area contributed by atoms with Gasteiger partial charge in [0.15, 0.2) is 6.61 Å². The molecule has 0 spiro atoms. The number of aromatic nitrogens is 2. The van der Waals surface area contributed by atoms with Crippen LogP contribution < -0.4 is 0 Å². The van der Waals surface area contributed by atoms with Gasteiger partial charge in [-0.15, -0.1) is 10.2 Å². The highest BCUT2D eigenvalue weighted by Gasteiger charge is 2.21. The molecule has 0 unspecified atom stereocenters. The van der Waals surface area contributed by atoms with Crippen LogP contribution in [0.4, 0.5) is 0 Å². The molecule has 1 heterocycles. The number of hydrogen-bond donors (Lipinski definition) is 0. The summed E-state index contributed by atoms with van der Waals surface area (Å²) in [5.74, 6) is 0.0526. The first-order valence-electron chi connectivity index (χ1n) is 7.98. The van der Waals surface area contributed by atoms with Crippen molar-refractivity contribution in [3.05, 3.63) is 70.5 Å². The zero-order valence-electron chi connectivity index (χ0n) is 13.7. The molecule has 0 saturated carbocycles. The lowest BCUT2D eigenvalue weighted by atomic mass is 9.97. The van der Waals surface area contributed by atoms with Crippen molar-refractivity contribution in [3.8, 4) is 11.5 Å². The Kier molecular flexibility index (Phi) is 5.60. The smallest absolute Gasteiger partial charge is 0.313 e. The van der Waals surface area contributed by atoms with E-state index < -0.39 is 0 Å². The fourth-order valence-electron chi connectivity index (χ4n) is 2.51. The van der Waals surface area contributed by atoms with Crippen molar-refractivity contribution < 1.29 is 13.9 Å². The summed E-state index contributed by atoms with van der Waals surface area (Å²) in [7, 11) is 0. The number of nitrogens with zero attached hydrogens (tertiary/aromatic N) is 2. The number of hydrogen-bond acceptors (Lipinski definition) is 5. The normalized spacial score (nSPS) is 11.9. The minimum absolute atomic E-state index is 0.0420. The Morgan fingerprint density at radius 1 is 1.12 bits per heavy atom. The molecule has 5 nitrogen and oxygen atoms in total. The van der Waals surface area contributed by atoms with Crippen molar-refractivity contribution in [1.29, 1.82) is 0 Å². The van der Waals surface area contributed by atoms with Gasteiger partial charge in [-0.05, 0) is 40.0 Å². The van der Waals surface area contributed by atoms with E-state index in [1.54, 1.807) is 0 Å². The van der Waals surface area contributed by atoms with Gasteiger partial charge in [0.05, 0.1) is 11.5 Å². The molecule has 1 atom stereocenters. The SMILES string of the molecule is CC[C@H](C(=O)OCc1nnc(-c2ccccc2Br)o1)c1ccccc1. The van der Waals surface area contributed by atoms with Gasteiger partial charge in [-0.2, -0.15) is 0 Å². The molecule has 0 saturated heterocycles. The first-order valence-corrected chi connectivity index (χ1v) is 8.77. The molecule has 6 heteroatoms. The van der Waals surface area contributed by atoms with Gasteiger partial charge in [0, 0.05) is 4.47 Å². The first kappa shape index (κ1) is 17.4. The van der Waals surface area contributed by atoms with Crippen LogP contribution in [-0.4, -0.2) is 16.2 Å². The molecule has 0 N–H and O–H groups in total. The number of ether oxygens (including phenoxy) is 1. The molecule has 0 aliphatic rings.